The number of halogens is 1. The molecule has 0 saturated carbocycles. The Bertz CT molecular complexity index is 604. The average molecular weight is 291 g/mol. The number of aliphatic hydroxyl groups is 1. The minimum atomic E-state index is -0.507. The summed E-state index contributed by atoms with van der Waals surface area (Å²) in [4.78, 5) is 0. The van der Waals surface area contributed by atoms with E-state index in [1.165, 1.54) is 6.07 Å². The molecule has 0 aliphatic rings. The average Bonchev–Trinajstić information content (AvgIpc) is 2.53. The van der Waals surface area contributed by atoms with E-state index in [0.717, 1.165) is 0 Å². The SMILES string of the molecule is COc1ccc(OC)c(C(CO)Nc2ccccc2F)c1. The molecule has 0 bridgehead atoms. The van der Waals surface area contributed by atoms with E-state index in [1.807, 2.05) is 0 Å². The first-order valence-electron chi connectivity index (χ1n) is 6.53. The van der Waals surface area contributed by atoms with Gasteiger partial charge in [0.1, 0.15) is 17.3 Å². The van der Waals surface area contributed by atoms with Crippen LogP contribution in [0.2, 0.25) is 0 Å². The third kappa shape index (κ3) is 3.44. The van der Waals surface area contributed by atoms with Gasteiger partial charge in [-0.1, -0.05) is 12.1 Å². The molecule has 0 aromatic heterocycles. The van der Waals surface area contributed by atoms with E-state index in [9.17, 15) is 9.50 Å². The van der Waals surface area contributed by atoms with Crippen LogP contribution in [0.25, 0.3) is 0 Å². The van der Waals surface area contributed by atoms with Crippen molar-refractivity contribution in [1.82, 2.24) is 0 Å². The van der Waals surface area contributed by atoms with Crippen LogP contribution in [0.1, 0.15) is 11.6 Å². The number of para-hydroxylation sites is 1. The topological polar surface area (TPSA) is 50.7 Å². The summed E-state index contributed by atoms with van der Waals surface area (Å²) in [5, 5.41) is 12.6. The molecule has 21 heavy (non-hydrogen) atoms. The molecule has 0 aliphatic heterocycles. The van der Waals surface area contributed by atoms with Crippen LogP contribution < -0.4 is 14.8 Å². The number of hydrogen-bond donors (Lipinski definition) is 2. The summed E-state index contributed by atoms with van der Waals surface area (Å²) < 4.78 is 24.2. The Hall–Kier alpha value is -2.27. The minimum Gasteiger partial charge on any atom is -0.497 e. The lowest BCUT2D eigenvalue weighted by atomic mass is 10.1. The first kappa shape index (κ1) is 15.1. The molecule has 2 rings (SSSR count). The summed E-state index contributed by atoms with van der Waals surface area (Å²) in [5.74, 6) is 0.857. The molecule has 0 heterocycles. The molecule has 2 aromatic rings. The van der Waals surface area contributed by atoms with Gasteiger partial charge in [-0.05, 0) is 30.3 Å². The fourth-order valence-electron chi connectivity index (χ4n) is 2.10. The molecule has 0 radical (unpaired) electrons. The zero-order chi connectivity index (χ0) is 15.2. The first-order chi connectivity index (χ1) is 10.2. The van der Waals surface area contributed by atoms with E-state index in [2.05, 4.69) is 5.32 Å². The molecular weight excluding hydrogens is 273 g/mol. The highest BCUT2D eigenvalue weighted by Gasteiger charge is 2.17. The summed E-state index contributed by atoms with van der Waals surface area (Å²) in [5.41, 5.74) is 1.02. The first-order valence-corrected chi connectivity index (χ1v) is 6.53. The maximum atomic E-state index is 13.7. The molecule has 0 saturated heterocycles. The molecule has 4 nitrogen and oxygen atoms in total. The van der Waals surface area contributed by atoms with Gasteiger partial charge in [-0.25, -0.2) is 4.39 Å². The van der Waals surface area contributed by atoms with Crippen molar-refractivity contribution in [2.24, 2.45) is 0 Å². The van der Waals surface area contributed by atoms with Crippen LogP contribution in [0.3, 0.4) is 0 Å². The van der Waals surface area contributed by atoms with Gasteiger partial charge in [0.25, 0.3) is 0 Å². The van der Waals surface area contributed by atoms with Crippen LogP contribution in [0, 0.1) is 5.82 Å². The molecule has 0 spiro atoms. The van der Waals surface area contributed by atoms with E-state index in [4.69, 9.17) is 9.47 Å². The van der Waals surface area contributed by atoms with E-state index in [-0.39, 0.29) is 12.4 Å². The van der Waals surface area contributed by atoms with Gasteiger partial charge in [-0.2, -0.15) is 0 Å². The van der Waals surface area contributed by atoms with Gasteiger partial charge in [0.2, 0.25) is 0 Å². The predicted molar refractivity (Wildman–Crippen MR) is 79.4 cm³/mol. The normalized spacial score (nSPS) is 11.8. The highest BCUT2D eigenvalue weighted by atomic mass is 19.1. The van der Waals surface area contributed by atoms with E-state index in [0.29, 0.717) is 22.7 Å². The number of ether oxygens (including phenoxy) is 2. The van der Waals surface area contributed by atoms with E-state index >= 15 is 0 Å². The monoisotopic (exact) mass is 291 g/mol. The maximum Gasteiger partial charge on any atom is 0.146 e. The molecule has 2 aromatic carbocycles. The summed E-state index contributed by atoms with van der Waals surface area (Å²) in [6, 6.07) is 11.1. The number of anilines is 1. The standard InChI is InChI=1S/C16H18FNO3/c1-20-11-7-8-16(21-2)12(9-11)15(10-19)18-14-6-4-3-5-13(14)17/h3-9,15,18-19H,10H2,1-2H3. The van der Waals surface area contributed by atoms with Gasteiger partial charge in [-0.3, -0.25) is 0 Å². The number of nitrogens with one attached hydrogen (secondary N) is 1. The third-order valence-electron chi connectivity index (χ3n) is 3.20. The zero-order valence-electron chi connectivity index (χ0n) is 12.0. The molecule has 5 heteroatoms. The molecular formula is C16H18FNO3. The van der Waals surface area contributed by atoms with E-state index in [1.54, 1.807) is 50.6 Å². The third-order valence-corrected chi connectivity index (χ3v) is 3.20. The summed E-state index contributed by atoms with van der Waals surface area (Å²) in [7, 11) is 3.10. The molecule has 0 amide bonds. The number of methoxy groups -OCH3 is 2. The van der Waals surface area contributed by atoms with E-state index < -0.39 is 6.04 Å². The Morgan fingerprint density at radius 1 is 1.14 bits per heavy atom. The highest BCUT2D eigenvalue weighted by Crippen LogP contribution is 2.31. The summed E-state index contributed by atoms with van der Waals surface area (Å²) in [6.07, 6.45) is 0. The van der Waals surface area contributed by atoms with Crippen LogP contribution in [0.4, 0.5) is 10.1 Å². The molecule has 1 atom stereocenters. The second-order valence-corrected chi connectivity index (χ2v) is 4.47. The molecule has 2 N–H and O–H groups in total. The van der Waals surface area contributed by atoms with Gasteiger partial charge < -0.3 is 19.9 Å². The van der Waals surface area contributed by atoms with Crippen LogP contribution in [0.15, 0.2) is 42.5 Å². The Morgan fingerprint density at radius 3 is 2.52 bits per heavy atom. The van der Waals surface area contributed by atoms with Crippen molar-refractivity contribution in [3.8, 4) is 11.5 Å². The quantitative estimate of drug-likeness (QED) is 0.859. The molecule has 0 aliphatic carbocycles. The number of aliphatic hydroxyl groups excluding tert-OH is 1. The van der Waals surface area contributed by atoms with Gasteiger partial charge in [-0.15, -0.1) is 0 Å². The minimum absolute atomic E-state index is 0.210. The number of rotatable bonds is 6. The van der Waals surface area contributed by atoms with Gasteiger partial charge in [0.15, 0.2) is 0 Å². The van der Waals surface area contributed by atoms with Crippen molar-refractivity contribution in [3.63, 3.8) is 0 Å². The Labute approximate surface area is 123 Å². The van der Waals surface area contributed by atoms with Crippen LogP contribution in [0.5, 0.6) is 11.5 Å². The lowest BCUT2D eigenvalue weighted by Gasteiger charge is -2.21. The largest absolute Gasteiger partial charge is 0.497 e. The summed E-state index contributed by atoms with van der Waals surface area (Å²) in [6.45, 7) is -0.210. The van der Waals surface area contributed by atoms with Crippen LogP contribution in [-0.4, -0.2) is 25.9 Å². The van der Waals surface area contributed by atoms with Crippen molar-refractivity contribution in [3.05, 3.63) is 53.8 Å². The smallest absolute Gasteiger partial charge is 0.146 e. The Morgan fingerprint density at radius 2 is 1.90 bits per heavy atom. The second-order valence-electron chi connectivity index (χ2n) is 4.47. The Balaban J connectivity index is 2.34. The fraction of sp³-hybridized carbons (Fsp3) is 0.250. The fourth-order valence-corrected chi connectivity index (χ4v) is 2.10. The molecule has 1 unspecified atom stereocenters. The van der Waals surface area contributed by atoms with Crippen molar-refractivity contribution >= 4 is 5.69 Å². The van der Waals surface area contributed by atoms with Crippen molar-refractivity contribution in [2.45, 2.75) is 6.04 Å². The zero-order valence-corrected chi connectivity index (χ0v) is 12.0. The van der Waals surface area contributed by atoms with Crippen LogP contribution >= 0.6 is 0 Å². The predicted octanol–water partition coefficient (Wildman–Crippen LogP) is 2.99. The summed E-state index contributed by atoms with van der Waals surface area (Å²) >= 11 is 0. The maximum absolute atomic E-state index is 13.7. The van der Waals surface area contributed by atoms with Gasteiger partial charge in [0.05, 0.1) is 32.6 Å². The van der Waals surface area contributed by atoms with Gasteiger partial charge in [0, 0.05) is 5.56 Å². The number of benzene rings is 2. The van der Waals surface area contributed by atoms with Crippen molar-refractivity contribution < 1.29 is 19.0 Å². The van der Waals surface area contributed by atoms with Gasteiger partial charge >= 0.3 is 0 Å². The second kappa shape index (κ2) is 6.95. The van der Waals surface area contributed by atoms with Crippen molar-refractivity contribution in [1.29, 1.82) is 0 Å². The van der Waals surface area contributed by atoms with Crippen molar-refractivity contribution in [2.75, 3.05) is 26.1 Å². The lowest BCUT2D eigenvalue weighted by molar-refractivity contribution is 0.272. The van der Waals surface area contributed by atoms with Crippen LogP contribution in [-0.2, 0) is 0 Å². The lowest BCUT2D eigenvalue weighted by Crippen LogP contribution is -2.16. The number of hydrogen-bond acceptors (Lipinski definition) is 4. The molecule has 0 fully saturated rings. The molecule has 112 valence electrons. The highest BCUT2D eigenvalue weighted by molar-refractivity contribution is 5.50. The Kier molecular flexibility index (Phi) is 5.00.